The fraction of sp³-hybridized carbons (Fsp3) is 0. The first-order chi connectivity index (χ1) is 28.6. The second kappa shape index (κ2) is 14.9. The molecule has 0 saturated carbocycles. The third-order valence-electron chi connectivity index (χ3n) is 10.8. The lowest BCUT2D eigenvalue weighted by Gasteiger charge is -2.15. The Morgan fingerprint density at radius 3 is 1.40 bits per heavy atom. The van der Waals surface area contributed by atoms with E-state index in [1.807, 2.05) is 36.4 Å². The van der Waals surface area contributed by atoms with E-state index in [0.29, 0.717) is 23.0 Å². The maximum atomic E-state index is 9.27. The average molecular weight is 739 g/mol. The Kier molecular flexibility index (Phi) is 8.87. The maximum absolute atomic E-state index is 9.27. The molecular formula is C54H34N4. The molecule has 0 unspecified atom stereocenters. The lowest BCUT2D eigenvalue weighted by atomic mass is 9.93. The highest BCUT2D eigenvalue weighted by atomic mass is 15.0. The summed E-state index contributed by atoms with van der Waals surface area (Å²) in [5, 5.41) is 13.8. The van der Waals surface area contributed by atoms with Gasteiger partial charge in [-0.05, 0) is 102 Å². The summed E-state index contributed by atoms with van der Waals surface area (Å²) in [6.45, 7) is 0. The first-order valence-electron chi connectivity index (χ1n) is 19.3. The van der Waals surface area contributed by atoms with Crippen molar-refractivity contribution in [2.24, 2.45) is 0 Å². The van der Waals surface area contributed by atoms with E-state index in [9.17, 15) is 5.26 Å². The molecular weight excluding hydrogens is 705 g/mol. The van der Waals surface area contributed by atoms with Gasteiger partial charge in [-0.2, -0.15) is 5.26 Å². The second-order valence-corrected chi connectivity index (χ2v) is 14.4. The molecule has 0 N–H and O–H groups in total. The van der Waals surface area contributed by atoms with Gasteiger partial charge in [-0.15, -0.1) is 0 Å². The Morgan fingerprint density at radius 1 is 0.276 bits per heavy atom. The van der Waals surface area contributed by atoms with Crippen molar-refractivity contribution in [1.82, 2.24) is 15.0 Å². The lowest BCUT2D eigenvalue weighted by Crippen LogP contribution is -2.01. The van der Waals surface area contributed by atoms with Crippen LogP contribution in [0.15, 0.2) is 206 Å². The topological polar surface area (TPSA) is 62.5 Å². The molecule has 10 aromatic rings. The summed E-state index contributed by atoms with van der Waals surface area (Å²) in [7, 11) is 0. The van der Waals surface area contributed by atoms with Crippen LogP contribution in [0.4, 0.5) is 0 Å². The molecule has 0 aliphatic carbocycles. The Labute approximate surface area is 337 Å². The summed E-state index contributed by atoms with van der Waals surface area (Å²) >= 11 is 0. The molecule has 0 saturated heterocycles. The van der Waals surface area contributed by atoms with Crippen LogP contribution in [-0.4, -0.2) is 15.0 Å². The molecule has 4 nitrogen and oxygen atoms in total. The smallest absolute Gasteiger partial charge is 0.164 e. The summed E-state index contributed by atoms with van der Waals surface area (Å²) in [5.41, 5.74) is 12.2. The molecule has 0 fully saturated rings. The van der Waals surface area contributed by atoms with E-state index in [-0.39, 0.29) is 0 Å². The third-order valence-corrected chi connectivity index (χ3v) is 10.8. The molecule has 9 aromatic carbocycles. The molecule has 270 valence electrons. The fourth-order valence-electron chi connectivity index (χ4n) is 7.65. The minimum absolute atomic E-state index is 0.597. The molecule has 58 heavy (non-hydrogen) atoms. The predicted molar refractivity (Wildman–Crippen MR) is 238 cm³/mol. The highest BCUT2D eigenvalue weighted by Crippen LogP contribution is 2.38. The zero-order valence-corrected chi connectivity index (χ0v) is 31.4. The van der Waals surface area contributed by atoms with Crippen LogP contribution in [0, 0.1) is 11.3 Å². The van der Waals surface area contributed by atoms with Crippen molar-refractivity contribution in [1.29, 1.82) is 5.26 Å². The van der Waals surface area contributed by atoms with Gasteiger partial charge < -0.3 is 0 Å². The van der Waals surface area contributed by atoms with E-state index in [4.69, 9.17) is 15.0 Å². The molecule has 0 aliphatic heterocycles. The van der Waals surface area contributed by atoms with E-state index < -0.39 is 0 Å². The van der Waals surface area contributed by atoms with Gasteiger partial charge in [0.05, 0.1) is 11.6 Å². The van der Waals surface area contributed by atoms with E-state index in [1.54, 1.807) is 0 Å². The van der Waals surface area contributed by atoms with Crippen LogP contribution >= 0.6 is 0 Å². The van der Waals surface area contributed by atoms with E-state index in [1.165, 1.54) is 10.8 Å². The number of nitriles is 1. The van der Waals surface area contributed by atoms with Gasteiger partial charge >= 0.3 is 0 Å². The quantitative estimate of drug-likeness (QED) is 0.163. The van der Waals surface area contributed by atoms with Gasteiger partial charge in [0.2, 0.25) is 0 Å². The largest absolute Gasteiger partial charge is 0.208 e. The van der Waals surface area contributed by atoms with Gasteiger partial charge in [0.1, 0.15) is 0 Å². The highest BCUT2D eigenvalue weighted by Gasteiger charge is 2.18. The summed E-state index contributed by atoms with van der Waals surface area (Å²) in [4.78, 5) is 15.7. The molecule has 10 rings (SSSR count). The monoisotopic (exact) mass is 738 g/mol. The first-order valence-corrected chi connectivity index (χ1v) is 19.3. The van der Waals surface area contributed by atoms with Crippen LogP contribution in [0.3, 0.4) is 0 Å². The summed E-state index contributed by atoms with van der Waals surface area (Å²) < 4.78 is 0. The van der Waals surface area contributed by atoms with Crippen LogP contribution in [0.1, 0.15) is 5.56 Å². The minimum Gasteiger partial charge on any atom is -0.208 e. The van der Waals surface area contributed by atoms with Crippen molar-refractivity contribution < 1.29 is 0 Å². The number of benzene rings is 9. The number of aromatic nitrogens is 3. The highest BCUT2D eigenvalue weighted by molar-refractivity contribution is 5.93. The Morgan fingerprint density at radius 2 is 0.690 bits per heavy atom. The predicted octanol–water partition coefficient (Wildman–Crippen LogP) is 13.7. The lowest BCUT2D eigenvalue weighted by molar-refractivity contribution is 1.07. The number of fused-ring (bicyclic) bond motifs is 2. The molecule has 1 heterocycles. The summed E-state index contributed by atoms with van der Waals surface area (Å²) in [5.74, 6) is 1.80. The standard InChI is InChI=1S/C54H34N4/c55-35-36-15-17-41(18-16-36)44-24-25-46-33-49(28-26-45(46)31-44)53-56-52(42-22-19-40(20-23-42)37-9-3-1-4-10-37)57-54(58-53)51-34-47(38-11-5-2-6-12-38)29-30-50(51)48-27-21-39-13-7-8-14-43(39)32-48/h1-34H. The average Bonchev–Trinajstić information content (AvgIpc) is 3.31. The molecule has 0 bridgehead atoms. The van der Waals surface area contributed by atoms with Gasteiger partial charge in [0, 0.05) is 16.7 Å². The van der Waals surface area contributed by atoms with Gasteiger partial charge in [0.25, 0.3) is 0 Å². The van der Waals surface area contributed by atoms with Crippen molar-refractivity contribution in [3.8, 4) is 84.7 Å². The first kappa shape index (κ1) is 34.5. The number of hydrogen-bond donors (Lipinski definition) is 0. The van der Waals surface area contributed by atoms with E-state index in [0.717, 1.165) is 72.0 Å². The van der Waals surface area contributed by atoms with Crippen molar-refractivity contribution >= 4 is 21.5 Å². The van der Waals surface area contributed by atoms with Crippen LogP contribution in [0.2, 0.25) is 0 Å². The van der Waals surface area contributed by atoms with E-state index in [2.05, 4.69) is 176 Å². The van der Waals surface area contributed by atoms with Crippen LogP contribution in [0.25, 0.3) is 100 Å². The number of rotatable bonds is 7. The summed E-state index contributed by atoms with van der Waals surface area (Å²) in [6, 6.07) is 73.7. The van der Waals surface area contributed by atoms with Gasteiger partial charge in [-0.25, -0.2) is 15.0 Å². The van der Waals surface area contributed by atoms with Crippen LogP contribution in [-0.2, 0) is 0 Å². The zero-order chi connectivity index (χ0) is 38.8. The van der Waals surface area contributed by atoms with Crippen molar-refractivity contribution in [2.75, 3.05) is 0 Å². The fourth-order valence-corrected chi connectivity index (χ4v) is 7.65. The Hall–Kier alpha value is -8.00. The van der Waals surface area contributed by atoms with Crippen molar-refractivity contribution in [3.05, 3.63) is 212 Å². The van der Waals surface area contributed by atoms with Crippen molar-refractivity contribution in [2.45, 2.75) is 0 Å². The van der Waals surface area contributed by atoms with Gasteiger partial charge in [-0.1, -0.05) is 170 Å². The SMILES string of the molecule is N#Cc1ccc(-c2ccc3cc(-c4nc(-c5ccc(-c6ccccc6)cc5)nc(-c5cc(-c6ccccc6)ccc5-c5ccc6ccccc6c5)n4)ccc3c2)cc1. The molecule has 0 atom stereocenters. The summed E-state index contributed by atoms with van der Waals surface area (Å²) in [6.07, 6.45) is 0. The van der Waals surface area contributed by atoms with Crippen LogP contribution in [0.5, 0.6) is 0 Å². The Bertz CT molecular complexity index is 3150. The number of nitrogens with zero attached hydrogens (tertiary/aromatic N) is 4. The maximum Gasteiger partial charge on any atom is 0.164 e. The zero-order valence-electron chi connectivity index (χ0n) is 31.4. The molecule has 0 aliphatic rings. The Balaban J connectivity index is 1.14. The van der Waals surface area contributed by atoms with Gasteiger partial charge in [0.15, 0.2) is 17.5 Å². The van der Waals surface area contributed by atoms with Gasteiger partial charge in [-0.3, -0.25) is 0 Å². The molecule has 4 heteroatoms. The van der Waals surface area contributed by atoms with Crippen LogP contribution < -0.4 is 0 Å². The normalized spacial score (nSPS) is 11.1. The second-order valence-electron chi connectivity index (χ2n) is 14.4. The molecule has 0 amide bonds. The van der Waals surface area contributed by atoms with E-state index >= 15 is 0 Å². The molecule has 0 radical (unpaired) electrons. The molecule has 1 aromatic heterocycles. The number of hydrogen-bond acceptors (Lipinski definition) is 4. The minimum atomic E-state index is 0.597. The molecule has 0 spiro atoms. The third kappa shape index (κ3) is 6.79. The van der Waals surface area contributed by atoms with Crippen molar-refractivity contribution in [3.63, 3.8) is 0 Å².